The van der Waals surface area contributed by atoms with Crippen molar-refractivity contribution in [3.63, 3.8) is 0 Å². The maximum absolute atomic E-state index is 9.52. The fourth-order valence-corrected chi connectivity index (χ4v) is 1.82. The Kier molecular flexibility index (Phi) is 2.22. The molecule has 2 heterocycles. The summed E-state index contributed by atoms with van der Waals surface area (Å²) in [5, 5.41) is 16.4. The highest BCUT2D eigenvalue weighted by Gasteiger charge is 2.24. The number of aliphatic hydroxyl groups is 1. The quantitative estimate of drug-likeness (QED) is 0.672. The van der Waals surface area contributed by atoms with E-state index in [2.05, 4.69) is 22.0 Å². The van der Waals surface area contributed by atoms with Crippen LogP contribution in [0.5, 0.6) is 0 Å². The van der Waals surface area contributed by atoms with E-state index in [0.29, 0.717) is 12.6 Å². The summed E-state index contributed by atoms with van der Waals surface area (Å²) in [4.78, 5) is 2.14. The van der Waals surface area contributed by atoms with Gasteiger partial charge in [0.2, 0.25) is 0 Å². The van der Waals surface area contributed by atoms with E-state index in [-0.39, 0.29) is 6.10 Å². The minimum absolute atomic E-state index is 0.201. The van der Waals surface area contributed by atoms with Crippen molar-refractivity contribution in [2.75, 3.05) is 11.4 Å². The number of aliphatic hydroxyl groups excluding tert-OH is 1. The number of aromatic nitrogens is 2. The monoisotopic (exact) mass is 181 g/mol. The van der Waals surface area contributed by atoms with Gasteiger partial charge >= 0.3 is 0 Å². The number of β-amino-alcohol motifs (C(OH)–C–C–N with tert-alkyl or cyclic N) is 1. The van der Waals surface area contributed by atoms with Gasteiger partial charge < -0.3 is 10.0 Å². The summed E-state index contributed by atoms with van der Waals surface area (Å²) < 4.78 is 0. The van der Waals surface area contributed by atoms with E-state index in [1.807, 2.05) is 12.3 Å². The van der Waals surface area contributed by atoms with Crippen molar-refractivity contribution in [3.05, 3.63) is 12.3 Å². The first-order valence-corrected chi connectivity index (χ1v) is 4.72. The molecule has 2 rings (SSSR count). The molecule has 0 spiro atoms. The van der Waals surface area contributed by atoms with E-state index in [1.165, 1.54) is 0 Å². The Balaban J connectivity index is 2.12. The van der Waals surface area contributed by atoms with Crippen molar-refractivity contribution in [2.24, 2.45) is 0 Å². The number of nitrogens with zero attached hydrogens (tertiary/aromatic N) is 2. The van der Waals surface area contributed by atoms with Crippen LogP contribution in [0.15, 0.2) is 12.3 Å². The number of nitrogens with one attached hydrogen (secondary N) is 1. The number of hydrogen-bond acceptors (Lipinski definition) is 3. The smallest absolute Gasteiger partial charge is 0.150 e. The predicted octanol–water partition coefficient (Wildman–Crippen LogP) is 0.759. The zero-order valence-corrected chi connectivity index (χ0v) is 7.77. The second kappa shape index (κ2) is 3.38. The summed E-state index contributed by atoms with van der Waals surface area (Å²) in [5.74, 6) is 0.936. The zero-order valence-electron chi connectivity index (χ0n) is 7.77. The van der Waals surface area contributed by atoms with E-state index in [1.54, 1.807) is 0 Å². The maximum atomic E-state index is 9.52. The minimum Gasteiger partial charge on any atom is -0.391 e. The topological polar surface area (TPSA) is 52.1 Å². The number of anilines is 1. The Labute approximate surface area is 77.6 Å². The van der Waals surface area contributed by atoms with Crippen molar-refractivity contribution < 1.29 is 5.11 Å². The third kappa shape index (κ3) is 1.67. The van der Waals surface area contributed by atoms with Crippen molar-refractivity contribution >= 4 is 5.82 Å². The third-order valence-electron chi connectivity index (χ3n) is 2.64. The van der Waals surface area contributed by atoms with Crippen LogP contribution in [0.3, 0.4) is 0 Å². The third-order valence-corrected chi connectivity index (χ3v) is 2.64. The van der Waals surface area contributed by atoms with Crippen LogP contribution in [0.4, 0.5) is 5.82 Å². The lowest BCUT2D eigenvalue weighted by atomic mass is 10.0. The van der Waals surface area contributed by atoms with Gasteiger partial charge in [-0.05, 0) is 19.8 Å². The van der Waals surface area contributed by atoms with E-state index in [0.717, 1.165) is 18.7 Å². The van der Waals surface area contributed by atoms with E-state index < -0.39 is 0 Å². The van der Waals surface area contributed by atoms with Gasteiger partial charge in [-0.2, -0.15) is 5.10 Å². The summed E-state index contributed by atoms with van der Waals surface area (Å²) in [7, 11) is 0. The second-order valence-corrected chi connectivity index (χ2v) is 3.66. The lowest BCUT2D eigenvalue weighted by molar-refractivity contribution is 0.143. The van der Waals surface area contributed by atoms with Gasteiger partial charge in [-0.3, -0.25) is 5.10 Å². The second-order valence-electron chi connectivity index (χ2n) is 3.66. The molecule has 1 aromatic heterocycles. The minimum atomic E-state index is -0.201. The Morgan fingerprint density at radius 1 is 1.62 bits per heavy atom. The molecule has 2 atom stereocenters. The first-order chi connectivity index (χ1) is 6.27. The highest BCUT2D eigenvalue weighted by Crippen LogP contribution is 2.22. The standard InChI is InChI=1S/C9H15N3O/c1-7-2-3-8(13)6-12(7)9-4-5-10-11-9/h4-5,7-8,13H,2-3,6H2,1H3,(H,10,11). The Hall–Kier alpha value is -1.03. The largest absolute Gasteiger partial charge is 0.391 e. The maximum Gasteiger partial charge on any atom is 0.150 e. The summed E-state index contributed by atoms with van der Waals surface area (Å²) in [6.07, 6.45) is 3.55. The number of aromatic amines is 1. The van der Waals surface area contributed by atoms with Gasteiger partial charge in [0.15, 0.2) is 5.82 Å². The highest BCUT2D eigenvalue weighted by atomic mass is 16.3. The van der Waals surface area contributed by atoms with E-state index >= 15 is 0 Å². The molecule has 13 heavy (non-hydrogen) atoms. The summed E-state index contributed by atoms with van der Waals surface area (Å²) in [5.41, 5.74) is 0. The molecule has 0 aromatic carbocycles. The summed E-state index contributed by atoms with van der Waals surface area (Å²) in [6.45, 7) is 2.87. The number of rotatable bonds is 1. The summed E-state index contributed by atoms with van der Waals surface area (Å²) in [6, 6.07) is 2.42. The Morgan fingerprint density at radius 3 is 3.15 bits per heavy atom. The lowest BCUT2D eigenvalue weighted by Gasteiger charge is -2.36. The van der Waals surface area contributed by atoms with Gasteiger partial charge in [-0.25, -0.2) is 0 Å². The van der Waals surface area contributed by atoms with Crippen LogP contribution in [0.1, 0.15) is 19.8 Å². The number of H-pyrrole nitrogens is 1. The van der Waals surface area contributed by atoms with Crippen LogP contribution in [-0.4, -0.2) is 34.0 Å². The molecule has 1 aliphatic heterocycles. The molecule has 1 saturated heterocycles. The summed E-state index contributed by atoms with van der Waals surface area (Å²) >= 11 is 0. The fourth-order valence-electron chi connectivity index (χ4n) is 1.82. The van der Waals surface area contributed by atoms with Gasteiger partial charge in [0.1, 0.15) is 0 Å². The van der Waals surface area contributed by atoms with Gasteiger partial charge in [0, 0.05) is 24.8 Å². The average molecular weight is 181 g/mol. The van der Waals surface area contributed by atoms with Crippen LogP contribution in [-0.2, 0) is 0 Å². The highest BCUT2D eigenvalue weighted by molar-refractivity contribution is 5.38. The van der Waals surface area contributed by atoms with Crippen LogP contribution in [0, 0.1) is 0 Å². The average Bonchev–Trinajstić information content (AvgIpc) is 2.61. The van der Waals surface area contributed by atoms with Crippen LogP contribution in [0.25, 0.3) is 0 Å². The van der Waals surface area contributed by atoms with Gasteiger partial charge in [-0.1, -0.05) is 0 Å². The van der Waals surface area contributed by atoms with Crippen molar-refractivity contribution in [1.29, 1.82) is 0 Å². The van der Waals surface area contributed by atoms with E-state index in [9.17, 15) is 5.11 Å². The van der Waals surface area contributed by atoms with Crippen molar-refractivity contribution in [1.82, 2.24) is 10.2 Å². The molecule has 4 nitrogen and oxygen atoms in total. The molecule has 1 aliphatic rings. The number of piperidine rings is 1. The zero-order chi connectivity index (χ0) is 9.26. The van der Waals surface area contributed by atoms with Gasteiger partial charge in [0.05, 0.1) is 6.10 Å². The molecule has 0 radical (unpaired) electrons. The van der Waals surface area contributed by atoms with Crippen LogP contribution in [0.2, 0.25) is 0 Å². The molecular formula is C9H15N3O. The fraction of sp³-hybridized carbons (Fsp3) is 0.667. The van der Waals surface area contributed by atoms with Crippen molar-refractivity contribution in [3.8, 4) is 0 Å². The molecule has 1 aromatic rings. The van der Waals surface area contributed by atoms with Gasteiger partial charge in [-0.15, -0.1) is 0 Å². The lowest BCUT2D eigenvalue weighted by Crippen LogP contribution is -2.44. The molecule has 0 bridgehead atoms. The SMILES string of the molecule is CC1CCC(O)CN1c1cc[nH]n1. The molecule has 2 unspecified atom stereocenters. The molecule has 0 amide bonds. The first-order valence-electron chi connectivity index (χ1n) is 4.72. The van der Waals surface area contributed by atoms with Crippen LogP contribution < -0.4 is 4.90 Å². The molecule has 1 fully saturated rings. The molecule has 0 aliphatic carbocycles. The Morgan fingerprint density at radius 2 is 2.46 bits per heavy atom. The predicted molar refractivity (Wildman–Crippen MR) is 50.6 cm³/mol. The molecule has 72 valence electrons. The Bertz CT molecular complexity index is 260. The van der Waals surface area contributed by atoms with Gasteiger partial charge in [0.25, 0.3) is 0 Å². The molecule has 0 saturated carbocycles. The molecule has 2 N–H and O–H groups in total. The van der Waals surface area contributed by atoms with Crippen LogP contribution >= 0.6 is 0 Å². The molecule has 4 heteroatoms. The first kappa shape index (κ1) is 8.56. The van der Waals surface area contributed by atoms with E-state index in [4.69, 9.17) is 0 Å². The molecular weight excluding hydrogens is 166 g/mol. The van der Waals surface area contributed by atoms with Crippen molar-refractivity contribution in [2.45, 2.75) is 31.9 Å². The number of hydrogen-bond donors (Lipinski definition) is 2. The normalized spacial score (nSPS) is 29.2.